The largest absolute Gasteiger partial charge is 0.458 e. The van der Waals surface area contributed by atoms with Crippen LogP contribution in [0.5, 0.6) is 0 Å². The summed E-state index contributed by atoms with van der Waals surface area (Å²) >= 11 is 0. The predicted molar refractivity (Wildman–Crippen MR) is 86.1 cm³/mol. The number of ketones is 1. The Bertz CT molecular complexity index is 860. The van der Waals surface area contributed by atoms with Crippen LogP contribution in [0.15, 0.2) is 11.1 Å². The maximum absolute atomic E-state index is 13.6. The molecule has 138 valence electrons. The second-order valence-corrected chi connectivity index (χ2v) is 9.72. The second-order valence-electron chi connectivity index (χ2n) is 9.72. The van der Waals surface area contributed by atoms with E-state index in [0.29, 0.717) is 13.0 Å². The lowest BCUT2D eigenvalue weighted by Crippen LogP contribution is -2.67. The molecule has 6 nitrogen and oxygen atoms in total. The molecule has 0 amide bonds. The minimum absolute atomic E-state index is 0.0689. The summed E-state index contributed by atoms with van der Waals surface area (Å²) < 4.78 is 24.1. The van der Waals surface area contributed by atoms with Gasteiger partial charge in [0.2, 0.25) is 5.78 Å². The molecule has 0 aromatic rings. The number of rotatable bonds is 1. The van der Waals surface area contributed by atoms with Crippen molar-refractivity contribution in [3.63, 3.8) is 0 Å². The van der Waals surface area contributed by atoms with Crippen LogP contribution in [0.3, 0.4) is 0 Å². The van der Waals surface area contributed by atoms with Crippen LogP contribution < -0.4 is 0 Å². The van der Waals surface area contributed by atoms with Gasteiger partial charge in [0.1, 0.15) is 24.4 Å². The molecule has 8 atom stereocenters. The Morgan fingerprint density at radius 2 is 1.92 bits per heavy atom. The number of carbonyl (C=O) groups excluding carboxylic acids is 2. The number of epoxide rings is 3. The zero-order valence-electron chi connectivity index (χ0n) is 15.2. The molecule has 7 rings (SSSR count). The summed E-state index contributed by atoms with van der Waals surface area (Å²) in [6.45, 7) is 6.72. The lowest BCUT2D eigenvalue weighted by atomic mass is 9.47. The lowest BCUT2D eigenvalue weighted by Gasteiger charge is -2.51. The topological polar surface area (TPSA) is 81.0 Å². The Labute approximate surface area is 151 Å². The van der Waals surface area contributed by atoms with E-state index < -0.39 is 16.8 Å². The number of cyclic esters (lactones) is 1. The van der Waals surface area contributed by atoms with Crippen LogP contribution >= 0.6 is 0 Å². The average Bonchev–Trinajstić information content (AvgIpc) is 3.47. The molecule has 0 bridgehead atoms. The Morgan fingerprint density at radius 3 is 2.69 bits per heavy atom. The maximum Gasteiger partial charge on any atom is 0.334 e. The highest BCUT2D eigenvalue weighted by atomic mass is 16.7. The molecule has 1 unspecified atom stereocenters. The molecule has 7 aliphatic rings. The van der Waals surface area contributed by atoms with E-state index in [-0.39, 0.29) is 47.3 Å². The van der Waals surface area contributed by atoms with E-state index in [0.717, 1.165) is 24.0 Å². The van der Waals surface area contributed by atoms with Crippen molar-refractivity contribution in [1.29, 1.82) is 0 Å². The van der Waals surface area contributed by atoms with Crippen molar-refractivity contribution in [2.75, 3.05) is 6.61 Å². The summed E-state index contributed by atoms with van der Waals surface area (Å²) in [5, 5.41) is 0. The first-order valence-electron chi connectivity index (χ1n) is 9.82. The van der Waals surface area contributed by atoms with Gasteiger partial charge in [-0.3, -0.25) is 4.79 Å². The third-order valence-electron chi connectivity index (χ3n) is 8.82. The summed E-state index contributed by atoms with van der Waals surface area (Å²) in [5.41, 5.74) is -0.371. The van der Waals surface area contributed by atoms with Gasteiger partial charge in [-0.2, -0.15) is 0 Å². The summed E-state index contributed by atoms with van der Waals surface area (Å²) in [5.74, 6) is 0.252. The Kier molecular flexibility index (Phi) is 2.10. The number of esters is 1. The summed E-state index contributed by atoms with van der Waals surface area (Å²) in [4.78, 5) is 25.7. The van der Waals surface area contributed by atoms with Crippen molar-refractivity contribution >= 4 is 11.8 Å². The second kappa shape index (κ2) is 3.69. The highest BCUT2D eigenvalue weighted by molar-refractivity contribution is 6.05. The molecule has 3 saturated heterocycles. The first-order valence-corrected chi connectivity index (χ1v) is 9.82. The van der Waals surface area contributed by atoms with Crippen molar-refractivity contribution in [2.45, 2.75) is 75.1 Å². The van der Waals surface area contributed by atoms with Gasteiger partial charge in [-0.25, -0.2) is 4.79 Å². The minimum Gasteiger partial charge on any atom is -0.458 e. The first-order chi connectivity index (χ1) is 12.3. The van der Waals surface area contributed by atoms with Crippen LogP contribution in [0, 0.1) is 17.3 Å². The van der Waals surface area contributed by atoms with E-state index in [4.69, 9.17) is 18.9 Å². The minimum atomic E-state index is -0.832. The zero-order valence-corrected chi connectivity index (χ0v) is 15.2. The summed E-state index contributed by atoms with van der Waals surface area (Å²) in [7, 11) is 0. The predicted octanol–water partition coefficient (Wildman–Crippen LogP) is 1.31. The molecule has 4 aliphatic heterocycles. The van der Waals surface area contributed by atoms with Crippen molar-refractivity contribution in [2.24, 2.45) is 17.3 Å². The highest BCUT2D eigenvalue weighted by Crippen LogP contribution is 2.81. The molecule has 2 saturated carbocycles. The van der Waals surface area contributed by atoms with E-state index in [1.165, 1.54) is 0 Å². The van der Waals surface area contributed by atoms with Gasteiger partial charge in [0.15, 0.2) is 11.2 Å². The Balaban J connectivity index is 1.40. The van der Waals surface area contributed by atoms with Gasteiger partial charge < -0.3 is 18.9 Å². The number of fused-ring (bicyclic) bond motifs is 4. The molecule has 0 radical (unpaired) electrons. The number of ether oxygens (including phenoxy) is 4. The quantitative estimate of drug-likeness (QED) is 0.519. The van der Waals surface area contributed by atoms with Crippen molar-refractivity contribution in [3.8, 4) is 0 Å². The summed E-state index contributed by atoms with van der Waals surface area (Å²) in [6, 6.07) is 0. The van der Waals surface area contributed by atoms with Crippen LogP contribution in [-0.2, 0) is 28.5 Å². The number of Topliss-reactive ketones (excluding diaryl/α,β-unsaturated/α-hetero) is 1. The molecule has 5 fully saturated rings. The van der Waals surface area contributed by atoms with Crippen LogP contribution in [0.1, 0.15) is 40.0 Å². The third-order valence-corrected chi connectivity index (χ3v) is 8.82. The first kappa shape index (κ1) is 14.8. The van der Waals surface area contributed by atoms with Crippen LogP contribution in [0.4, 0.5) is 0 Å². The monoisotopic (exact) mass is 358 g/mol. The highest BCUT2D eigenvalue weighted by Gasteiger charge is 3.00. The van der Waals surface area contributed by atoms with E-state index in [1.54, 1.807) is 0 Å². The fourth-order valence-corrected chi connectivity index (χ4v) is 7.41. The molecule has 2 spiro atoms. The summed E-state index contributed by atoms with van der Waals surface area (Å²) in [6.07, 6.45) is 1.97. The lowest BCUT2D eigenvalue weighted by molar-refractivity contribution is -0.139. The maximum atomic E-state index is 13.6. The van der Waals surface area contributed by atoms with Gasteiger partial charge in [-0.1, -0.05) is 20.8 Å². The van der Waals surface area contributed by atoms with Gasteiger partial charge in [-0.15, -0.1) is 0 Å². The Morgan fingerprint density at radius 1 is 1.12 bits per heavy atom. The van der Waals surface area contributed by atoms with Gasteiger partial charge in [0, 0.05) is 11.0 Å². The SMILES string of the molecule is CC(C)[C@]12O[C@H]1[C@@H]1O[C@@]13[C@@]1(C)CCC4=C(COC4=O)C1C[C@@H]1O[C@@]13C2=O. The average molecular weight is 358 g/mol. The van der Waals surface area contributed by atoms with Crippen molar-refractivity contribution in [1.82, 2.24) is 0 Å². The van der Waals surface area contributed by atoms with Crippen molar-refractivity contribution in [3.05, 3.63) is 11.1 Å². The van der Waals surface area contributed by atoms with E-state index >= 15 is 0 Å². The normalized spacial score (nSPS) is 60.3. The molecule has 4 heterocycles. The molecule has 0 aromatic carbocycles. The number of carbonyl (C=O) groups is 2. The number of hydrogen-bond acceptors (Lipinski definition) is 6. The standard InChI is InChI=1S/C20H22O6/c1-8(2)18-13(25-18)14-20(26-14)17(3)5-4-9-10(7-23-15(9)21)11(17)6-12-19(20,24-12)16(18)22/h8,11-14H,4-7H2,1-3H3/t11?,12-,13-,14-,17-,18-,19+,20+/m0/s1. The van der Waals surface area contributed by atoms with E-state index in [1.807, 2.05) is 13.8 Å². The van der Waals surface area contributed by atoms with Gasteiger partial charge >= 0.3 is 5.97 Å². The van der Waals surface area contributed by atoms with Gasteiger partial charge in [0.25, 0.3) is 0 Å². The van der Waals surface area contributed by atoms with Crippen LogP contribution in [0.2, 0.25) is 0 Å². The van der Waals surface area contributed by atoms with Gasteiger partial charge in [0.05, 0.1) is 6.10 Å². The number of hydrogen-bond donors (Lipinski definition) is 0. The fraction of sp³-hybridized carbons (Fsp3) is 0.800. The molecule has 6 heteroatoms. The third kappa shape index (κ3) is 1.10. The van der Waals surface area contributed by atoms with Crippen LogP contribution in [-0.4, -0.2) is 53.5 Å². The smallest absolute Gasteiger partial charge is 0.334 e. The molecule has 26 heavy (non-hydrogen) atoms. The van der Waals surface area contributed by atoms with E-state index in [9.17, 15) is 9.59 Å². The molecule has 0 aromatic heterocycles. The molecule has 0 N–H and O–H groups in total. The molecular weight excluding hydrogens is 336 g/mol. The molecular formula is C20H22O6. The van der Waals surface area contributed by atoms with E-state index in [2.05, 4.69) is 6.92 Å². The molecule has 3 aliphatic carbocycles. The fourth-order valence-electron chi connectivity index (χ4n) is 7.41. The van der Waals surface area contributed by atoms with Crippen molar-refractivity contribution < 1.29 is 28.5 Å². The van der Waals surface area contributed by atoms with Crippen LogP contribution in [0.25, 0.3) is 0 Å². The Hall–Kier alpha value is -1.24. The zero-order chi connectivity index (χ0) is 17.9. The van der Waals surface area contributed by atoms with Gasteiger partial charge in [-0.05, 0) is 36.7 Å².